The number of amides is 1. The van der Waals surface area contributed by atoms with Crippen LogP contribution >= 0.6 is 0 Å². The average molecular weight is 492 g/mol. The molecule has 14 heteroatoms. The lowest BCUT2D eigenvalue weighted by molar-refractivity contribution is -0.389. The maximum atomic E-state index is 12.4. The van der Waals surface area contributed by atoms with Gasteiger partial charge in [0.05, 0.1) is 0 Å². The fourth-order valence-corrected chi connectivity index (χ4v) is 3.41. The number of nitro groups is 1. The number of hydrogen-bond acceptors (Lipinski definition) is 8. The highest BCUT2D eigenvalue weighted by Crippen LogP contribution is 2.25. The summed E-state index contributed by atoms with van der Waals surface area (Å²) in [4.78, 5) is 32.9. The number of halogens is 3. The monoisotopic (exact) mass is 492 g/mol. The van der Waals surface area contributed by atoms with Crippen molar-refractivity contribution >= 4 is 17.4 Å². The van der Waals surface area contributed by atoms with Gasteiger partial charge in [-0.1, -0.05) is 12.1 Å². The number of nitrogens with zero attached hydrogens (tertiary/aromatic N) is 5. The molecule has 2 aromatic heterocycles. The highest BCUT2D eigenvalue weighted by Gasteiger charge is 2.31. The maximum absolute atomic E-state index is 12.4. The van der Waals surface area contributed by atoms with E-state index in [1.165, 1.54) is 30.6 Å². The third-order valence-corrected chi connectivity index (χ3v) is 5.00. The Hall–Kier alpha value is -4.20. The van der Waals surface area contributed by atoms with Gasteiger partial charge in [-0.25, -0.2) is 0 Å². The van der Waals surface area contributed by atoms with Crippen molar-refractivity contribution in [3.8, 4) is 11.8 Å². The zero-order chi connectivity index (χ0) is 25.0. The quantitative estimate of drug-likeness (QED) is 0.411. The zero-order valence-electron chi connectivity index (χ0n) is 18.1. The summed E-state index contributed by atoms with van der Waals surface area (Å²) in [6.45, 7) is 2.38. The van der Waals surface area contributed by atoms with Crippen LogP contribution in [0.25, 0.3) is 0 Å². The molecule has 0 fully saturated rings. The average Bonchev–Trinajstić information content (AvgIpc) is 3.18. The number of anilines is 1. The molecule has 1 N–H and O–H groups in total. The van der Waals surface area contributed by atoms with Gasteiger partial charge in [0, 0.05) is 49.1 Å². The number of ether oxygens (including phenoxy) is 2. The van der Waals surface area contributed by atoms with Crippen LogP contribution in [0.5, 0.6) is 11.8 Å². The number of alkyl halides is 3. The molecule has 0 aliphatic carbocycles. The van der Waals surface area contributed by atoms with Crippen molar-refractivity contribution in [3.63, 3.8) is 0 Å². The molecule has 1 amide bonds. The van der Waals surface area contributed by atoms with Crippen molar-refractivity contribution in [2.75, 3.05) is 25.0 Å². The van der Waals surface area contributed by atoms with Crippen LogP contribution < -0.4 is 14.8 Å². The Balaban J connectivity index is 1.34. The SMILES string of the molecule is O=C(Nc1cccc(OC(F)(F)F)c1)c1ccc(CN2CCOc3nc([N+](=O)[O-])cn3CC2)cn1. The van der Waals surface area contributed by atoms with Gasteiger partial charge in [-0.2, -0.15) is 0 Å². The molecule has 11 nitrogen and oxygen atoms in total. The predicted octanol–water partition coefficient (Wildman–Crippen LogP) is 3.23. The van der Waals surface area contributed by atoms with Gasteiger partial charge in [0.2, 0.25) is 0 Å². The van der Waals surface area contributed by atoms with Gasteiger partial charge in [-0.15, -0.1) is 13.2 Å². The Morgan fingerprint density at radius 3 is 2.77 bits per heavy atom. The molecule has 0 spiro atoms. The standard InChI is InChI=1S/C21H19F3N6O5/c22-21(23,24)35-16-3-1-2-15(10-16)26-19(31)17-5-4-14(11-25-17)12-28-6-7-29-13-18(30(32)33)27-20(29)34-9-8-28/h1-5,10-11,13H,6-9,12H2,(H,26,31). The molecule has 0 bridgehead atoms. The molecule has 4 rings (SSSR count). The van der Waals surface area contributed by atoms with E-state index in [0.29, 0.717) is 32.8 Å². The summed E-state index contributed by atoms with van der Waals surface area (Å²) in [7, 11) is 0. The van der Waals surface area contributed by atoms with Crippen LogP contribution in [0.4, 0.5) is 24.7 Å². The van der Waals surface area contributed by atoms with Crippen molar-refractivity contribution in [2.24, 2.45) is 0 Å². The minimum absolute atomic E-state index is 0.0854. The minimum Gasteiger partial charge on any atom is -0.444 e. The van der Waals surface area contributed by atoms with E-state index in [9.17, 15) is 28.1 Å². The summed E-state index contributed by atoms with van der Waals surface area (Å²) in [5.74, 6) is -1.31. The van der Waals surface area contributed by atoms with Crippen molar-refractivity contribution in [2.45, 2.75) is 19.5 Å². The second-order valence-corrected chi connectivity index (χ2v) is 7.54. The van der Waals surface area contributed by atoms with E-state index in [2.05, 4.69) is 24.9 Å². The molecule has 184 valence electrons. The lowest BCUT2D eigenvalue weighted by Crippen LogP contribution is -2.33. The molecule has 1 aromatic carbocycles. The van der Waals surface area contributed by atoms with Crippen LogP contribution in [0, 0.1) is 10.1 Å². The number of hydrogen-bond donors (Lipinski definition) is 1. The maximum Gasteiger partial charge on any atom is 0.573 e. The summed E-state index contributed by atoms with van der Waals surface area (Å²) in [5, 5.41) is 13.4. The van der Waals surface area contributed by atoms with Gasteiger partial charge in [0.1, 0.15) is 24.2 Å². The van der Waals surface area contributed by atoms with E-state index in [4.69, 9.17) is 4.74 Å². The smallest absolute Gasteiger partial charge is 0.444 e. The molecule has 0 atom stereocenters. The van der Waals surface area contributed by atoms with Crippen molar-refractivity contribution in [3.05, 3.63) is 70.2 Å². The van der Waals surface area contributed by atoms with Crippen LogP contribution in [0.3, 0.4) is 0 Å². The number of carbonyl (C=O) groups excluding carboxylic acids is 1. The van der Waals surface area contributed by atoms with Gasteiger partial charge in [0.25, 0.3) is 5.91 Å². The zero-order valence-corrected chi connectivity index (χ0v) is 18.1. The Kier molecular flexibility index (Phi) is 6.82. The molecule has 0 saturated carbocycles. The molecule has 0 saturated heterocycles. The van der Waals surface area contributed by atoms with Crippen LogP contribution in [0.15, 0.2) is 48.8 Å². The number of benzene rings is 1. The van der Waals surface area contributed by atoms with Gasteiger partial charge >= 0.3 is 18.2 Å². The largest absolute Gasteiger partial charge is 0.573 e. The Morgan fingerprint density at radius 2 is 2.06 bits per heavy atom. The molecular formula is C21H19F3N6O5. The fourth-order valence-electron chi connectivity index (χ4n) is 3.41. The van der Waals surface area contributed by atoms with E-state index in [0.717, 1.165) is 17.7 Å². The van der Waals surface area contributed by atoms with E-state index in [-0.39, 0.29) is 23.2 Å². The van der Waals surface area contributed by atoms with Crippen molar-refractivity contribution < 1.29 is 32.4 Å². The number of nitrogens with one attached hydrogen (secondary N) is 1. The molecule has 1 aliphatic rings. The number of aromatic nitrogens is 3. The third-order valence-electron chi connectivity index (χ3n) is 5.00. The van der Waals surface area contributed by atoms with Gasteiger partial charge in [0.15, 0.2) is 0 Å². The number of fused-ring (bicyclic) bond motifs is 1. The second kappa shape index (κ2) is 9.97. The lowest BCUT2D eigenvalue weighted by Gasteiger charge is -2.24. The fraction of sp³-hybridized carbons (Fsp3) is 0.286. The molecule has 0 radical (unpaired) electrons. The lowest BCUT2D eigenvalue weighted by atomic mass is 10.2. The minimum atomic E-state index is -4.84. The third kappa shape index (κ3) is 6.44. The highest BCUT2D eigenvalue weighted by atomic mass is 19.4. The van der Waals surface area contributed by atoms with Gasteiger partial charge in [-0.3, -0.25) is 19.2 Å². The first-order valence-electron chi connectivity index (χ1n) is 10.3. The van der Waals surface area contributed by atoms with Gasteiger partial charge < -0.3 is 24.9 Å². The molecule has 0 unspecified atom stereocenters. The van der Waals surface area contributed by atoms with E-state index >= 15 is 0 Å². The molecule has 1 aliphatic heterocycles. The normalized spacial score (nSPS) is 14.3. The molecular weight excluding hydrogens is 473 g/mol. The van der Waals surface area contributed by atoms with Gasteiger partial charge in [-0.05, 0) is 28.7 Å². The highest BCUT2D eigenvalue weighted by molar-refractivity contribution is 6.02. The van der Waals surface area contributed by atoms with E-state index in [1.54, 1.807) is 10.6 Å². The van der Waals surface area contributed by atoms with Crippen molar-refractivity contribution in [1.82, 2.24) is 19.4 Å². The number of carbonyl (C=O) groups is 1. The number of pyridine rings is 1. The number of rotatable bonds is 6. The van der Waals surface area contributed by atoms with E-state index < -0.39 is 22.9 Å². The van der Waals surface area contributed by atoms with Crippen LogP contribution in [0.1, 0.15) is 16.1 Å². The van der Waals surface area contributed by atoms with E-state index in [1.807, 2.05) is 0 Å². The first-order chi connectivity index (χ1) is 16.7. The molecule has 3 aromatic rings. The summed E-state index contributed by atoms with van der Waals surface area (Å²) in [5.41, 5.74) is 1.03. The summed E-state index contributed by atoms with van der Waals surface area (Å²) in [6, 6.07) is 8.39. The Labute approximate surface area is 196 Å². The summed E-state index contributed by atoms with van der Waals surface area (Å²) < 4.78 is 48.1. The second-order valence-electron chi connectivity index (χ2n) is 7.54. The first-order valence-corrected chi connectivity index (χ1v) is 10.3. The Morgan fingerprint density at radius 1 is 1.23 bits per heavy atom. The Bertz CT molecular complexity index is 1210. The van der Waals surface area contributed by atoms with Crippen LogP contribution in [-0.2, 0) is 13.1 Å². The van der Waals surface area contributed by atoms with Crippen LogP contribution in [-0.4, -0.2) is 56.3 Å². The summed E-state index contributed by atoms with van der Waals surface area (Å²) >= 11 is 0. The van der Waals surface area contributed by atoms with Crippen molar-refractivity contribution in [1.29, 1.82) is 0 Å². The predicted molar refractivity (Wildman–Crippen MR) is 115 cm³/mol. The first kappa shape index (κ1) is 23.9. The molecule has 35 heavy (non-hydrogen) atoms. The topological polar surface area (TPSA) is 125 Å². The molecule has 3 heterocycles. The summed E-state index contributed by atoms with van der Waals surface area (Å²) in [6.07, 6.45) is -1.97. The van der Waals surface area contributed by atoms with Crippen LogP contribution in [0.2, 0.25) is 0 Å². The number of imidazole rings is 1.